The Kier molecular flexibility index (Phi) is 6.06. The van der Waals surface area contributed by atoms with Crippen molar-refractivity contribution in [3.05, 3.63) is 34.9 Å². The second-order valence-corrected chi connectivity index (χ2v) is 6.86. The normalized spacial score (nSPS) is 22.7. The zero-order chi connectivity index (χ0) is 15.4. The van der Waals surface area contributed by atoms with Gasteiger partial charge >= 0.3 is 0 Å². The number of nitrogens with zero attached hydrogens (tertiary/aromatic N) is 2. The number of benzene rings is 1. The molecule has 0 radical (unpaired) electrons. The predicted molar refractivity (Wildman–Crippen MR) is 90.7 cm³/mol. The number of nitrogens with two attached hydrogens (primary N) is 1. The highest BCUT2D eigenvalue weighted by Crippen LogP contribution is 2.28. The summed E-state index contributed by atoms with van der Waals surface area (Å²) in [5.41, 5.74) is 7.63. The molecule has 1 aliphatic heterocycles. The van der Waals surface area contributed by atoms with E-state index in [4.69, 9.17) is 17.3 Å². The lowest BCUT2D eigenvalue weighted by Gasteiger charge is -2.34. The van der Waals surface area contributed by atoms with Crippen molar-refractivity contribution in [1.82, 2.24) is 9.80 Å². The fraction of sp³-hybridized carbons (Fsp3) is 0.647. The summed E-state index contributed by atoms with van der Waals surface area (Å²) >= 11 is 6.16. The van der Waals surface area contributed by atoms with Crippen LogP contribution in [0.1, 0.15) is 31.4 Å². The monoisotopic (exact) mass is 309 g/mol. The van der Waals surface area contributed by atoms with Gasteiger partial charge in [-0.2, -0.15) is 0 Å². The molecule has 1 aromatic rings. The van der Waals surface area contributed by atoms with Gasteiger partial charge in [-0.05, 0) is 57.1 Å². The number of halogens is 1. The molecule has 0 spiro atoms. The highest BCUT2D eigenvalue weighted by atomic mass is 35.5. The Labute approximate surface area is 134 Å². The summed E-state index contributed by atoms with van der Waals surface area (Å²) < 4.78 is 0. The number of likely N-dealkylation sites (tertiary alicyclic amines) is 1. The number of hydrogen-bond acceptors (Lipinski definition) is 3. The molecule has 21 heavy (non-hydrogen) atoms. The van der Waals surface area contributed by atoms with Crippen LogP contribution in [-0.2, 0) is 0 Å². The summed E-state index contributed by atoms with van der Waals surface area (Å²) in [6.45, 7) is 5.64. The summed E-state index contributed by atoms with van der Waals surface area (Å²) in [7, 11) is 4.39. The summed E-state index contributed by atoms with van der Waals surface area (Å²) in [5.74, 6) is 0.741. The van der Waals surface area contributed by atoms with Crippen LogP contribution < -0.4 is 5.73 Å². The van der Waals surface area contributed by atoms with Crippen LogP contribution in [0.15, 0.2) is 24.3 Å². The molecule has 2 rings (SSSR count). The van der Waals surface area contributed by atoms with Gasteiger partial charge in [-0.15, -0.1) is 0 Å². The minimum absolute atomic E-state index is 0.132. The molecule has 3 nitrogen and oxygen atoms in total. The Bertz CT molecular complexity index is 451. The zero-order valence-corrected chi connectivity index (χ0v) is 14.2. The first-order chi connectivity index (χ1) is 10.0. The SMILES string of the molecule is CCC(N)C(c1cccc(Cl)c1)N(C)CC1CCN(C)C1. The first-order valence-electron chi connectivity index (χ1n) is 7.91. The van der Waals surface area contributed by atoms with E-state index in [-0.39, 0.29) is 12.1 Å². The van der Waals surface area contributed by atoms with Crippen molar-refractivity contribution < 1.29 is 0 Å². The minimum Gasteiger partial charge on any atom is -0.326 e. The lowest BCUT2D eigenvalue weighted by molar-refractivity contribution is 0.180. The van der Waals surface area contributed by atoms with Gasteiger partial charge in [-0.1, -0.05) is 30.7 Å². The molecule has 2 N–H and O–H groups in total. The molecule has 4 heteroatoms. The third-order valence-electron chi connectivity index (χ3n) is 4.58. The lowest BCUT2D eigenvalue weighted by Crippen LogP contribution is -2.41. The van der Waals surface area contributed by atoms with Gasteiger partial charge < -0.3 is 10.6 Å². The maximum Gasteiger partial charge on any atom is 0.0496 e. The fourth-order valence-electron chi connectivity index (χ4n) is 3.44. The standard InChI is InChI=1S/C17H28ClN3/c1-4-16(19)17(14-6-5-7-15(18)10-14)21(3)12-13-8-9-20(2)11-13/h5-7,10,13,16-17H,4,8-9,11-12,19H2,1-3H3. The molecule has 1 saturated heterocycles. The fourth-order valence-corrected chi connectivity index (χ4v) is 3.64. The largest absolute Gasteiger partial charge is 0.326 e. The van der Waals surface area contributed by atoms with E-state index in [0.29, 0.717) is 0 Å². The molecule has 118 valence electrons. The molecule has 1 aromatic carbocycles. The number of rotatable bonds is 6. The van der Waals surface area contributed by atoms with Gasteiger partial charge in [-0.25, -0.2) is 0 Å². The van der Waals surface area contributed by atoms with Crippen LogP contribution in [0.2, 0.25) is 5.02 Å². The van der Waals surface area contributed by atoms with Gasteiger partial charge in [0, 0.05) is 30.2 Å². The first-order valence-corrected chi connectivity index (χ1v) is 8.29. The van der Waals surface area contributed by atoms with Crippen LogP contribution in [0, 0.1) is 5.92 Å². The smallest absolute Gasteiger partial charge is 0.0496 e. The maximum absolute atomic E-state index is 6.41. The highest BCUT2D eigenvalue weighted by Gasteiger charge is 2.27. The average molecular weight is 310 g/mol. The van der Waals surface area contributed by atoms with Crippen molar-refractivity contribution in [2.24, 2.45) is 11.7 Å². The van der Waals surface area contributed by atoms with E-state index in [1.54, 1.807) is 0 Å². The number of likely N-dealkylation sites (N-methyl/N-ethyl adjacent to an activating group) is 1. The highest BCUT2D eigenvalue weighted by molar-refractivity contribution is 6.30. The van der Waals surface area contributed by atoms with Gasteiger partial charge in [0.2, 0.25) is 0 Å². The third kappa shape index (κ3) is 4.43. The van der Waals surface area contributed by atoms with Gasteiger partial charge in [0.25, 0.3) is 0 Å². The van der Waals surface area contributed by atoms with Crippen LogP contribution in [-0.4, -0.2) is 49.6 Å². The third-order valence-corrected chi connectivity index (χ3v) is 4.81. The van der Waals surface area contributed by atoms with Crippen molar-refractivity contribution in [1.29, 1.82) is 0 Å². The predicted octanol–water partition coefficient (Wildman–Crippen LogP) is 3.00. The quantitative estimate of drug-likeness (QED) is 0.877. The van der Waals surface area contributed by atoms with Crippen LogP contribution >= 0.6 is 11.6 Å². The summed E-state index contributed by atoms with van der Waals surface area (Å²) in [6.07, 6.45) is 2.25. The first kappa shape index (κ1) is 16.8. The Balaban J connectivity index is 2.11. The minimum atomic E-state index is 0.132. The molecule has 1 fully saturated rings. The maximum atomic E-state index is 6.41. The number of hydrogen-bond donors (Lipinski definition) is 1. The van der Waals surface area contributed by atoms with E-state index >= 15 is 0 Å². The Morgan fingerprint density at radius 1 is 1.48 bits per heavy atom. The molecule has 3 unspecified atom stereocenters. The van der Waals surface area contributed by atoms with Crippen molar-refractivity contribution in [2.75, 3.05) is 33.7 Å². The second-order valence-electron chi connectivity index (χ2n) is 6.43. The Morgan fingerprint density at radius 2 is 2.24 bits per heavy atom. The molecule has 1 heterocycles. The molecule has 0 bridgehead atoms. The van der Waals surface area contributed by atoms with E-state index < -0.39 is 0 Å². The van der Waals surface area contributed by atoms with Gasteiger partial charge in [0.15, 0.2) is 0 Å². The van der Waals surface area contributed by atoms with Crippen LogP contribution in [0.25, 0.3) is 0 Å². The Hall–Kier alpha value is -0.610. The van der Waals surface area contributed by atoms with Crippen molar-refractivity contribution >= 4 is 11.6 Å². The van der Waals surface area contributed by atoms with Crippen molar-refractivity contribution in [2.45, 2.75) is 31.8 Å². The molecule has 3 atom stereocenters. The molecule has 0 aromatic heterocycles. The van der Waals surface area contributed by atoms with E-state index in [2.05, 4.69) is 43.0 Å². The average Bonchev–Trinajstić information content (AvgIpc) is 2.84. The van der Waals surface area contributed by atoms with Crippen LogP contribution in [0.5, 0.6) is 0 Å². The molecule has 1 aliphatic rings. The van der Waals surface area contributed by atoms with E-state index in [1.165, 1.54) is 25.1 Å². The van der Waals surface area contributed by atoms with Crippen molar-refractivity contribution in [3.8, 4) is 0 Å². The van der Waals surface area contributed by atoms with Crippen molar-refractivity contribution in [3.63, 3.8) is 0 Å². The molecule has 0 saturated carbocycles. The lowest BCUT2D eigenvalue weighted by atomic mass is 9.95. The topological polar surface area (TPSA) is 32.5 Å². The van der Waals surface area contributed by atoms with Gasteiger partial charge in [0.05, 0.1) is 0 Å². The van der Waals surface area contributed by atoms with E-state index in [9.17, 15) is 0 Å². The van der Waals surface area contributed by atoms with Crippen LogP contribution in [0.4, 0.5) is 0 Å². The molecular formula is C17H28ClN3. The van der Waals surface area contributed by atoms with E-state index in [1.807, 2.05) is 12.1 Å². The second kappa shape index (κ2) is 7.59. The zero-order valence-electron chi connectivity index (χ0n) is 13.4. The molecular weight excluding hydrogens is 282 g/mol. The summed E-state index contributed by atoms with van der Waals surface area (Å²) in [4.78, 5) is 4.83. The molecule has 0 amide bonds. The Morgan fingerprint density at radius 3 is 2.81 bits per heavy atom. The van der Waals surface area contributed by atoms with Gasteiger partial charge in [0.1, 0.15) is 0 Å². The van der Waals surface area contributed by atoms with Crippen LogP contribution in [0.3, 0.4) is 0 Å². The molecule has 0 aliphatic carbocycles. The van der Waals surface area contributed by atoms with E-state index in [0.717, 1.165) is 23.9 Å². The summed E-state index contributed by atoms with van der Waals surface area (Å²) in [5, 5.41) is 0.787. The summed E-state index contributed by atoms with van der Waals surface area (Å²) in [6, 6.07) is 8.50. The van der Waals surface area contributed by atoms with Gasteiger partial charge in [-0.3, -0.25) is 4.90 Å².